The minimum atomic E-state index is -4.89. The van der Waals surface area contributed by atoms with Crippen molar-refractivity contribution in [2.24, 2.45) is 7.05 Å². The van der Waals surface area contributed by atoms with Gasteiger partial charge in [-0.05, 0) is 5.59 Å². The van der Waals surface area contributed by atoms with Crippen molar-refractivity contribution < 1.29 is 64.3 Å². The molecule has 0 aliphatic carbocycles. The molecular formula is C4H5BF3KN2. The predicted molar refractivity (Wildman–Crippen MR) is 31.9 cm³/mol. The maximum Gasteiger partial charge on any atom is 1.00 e. The Balaban J connectivity index is 0.000001000. The van der Waals surface area contributed by atoms with Gasteiger partial charge in [0.25, 0.3) is 0 Å². The summed E-state index contributed by atoms with van der Waals surface area (Å²) in [6.45, 7) is -4.89. The van der Waals surface area contributed by atoms with Gasteiger partial charge in [-0.3, -0.25) is 0 Å². The van der Waals surface area contributed by atoms with Crippen molar-refractivity contribution >= 4 is 12.6 Å². The van der Waals surface area contributed by atoms with Crippen LogP contribution in [0.3, 0.4) is 0 Å². The van der Waals surface area contributed by atoms with E-state index in [1.54, 1.807) is 0 Å². The van der Waals surface area contributed by atoms with Crippen LogP contribution in [0.4, 0.5) is 12.9 Å². The second kappa shape index (κ2) is 4.09. The van der Waals surface area contributed by atoms with E-state index in [2.05, 4.69) is 5.10 Å². The molecule has 0 aliphatic heterocycles. The molecule has 7 heteroatoms. The largest absolute Gasteiger partial charge is 1.00 e. The Morgan fingerprint density at radius 2 is 2.00 bits per heavy atom. The van der Waals surface area contributed by atoms with Crippen molar-refractivity contribution in [2.45, 2.75) is 0 Å². The van der Waals surface area contributed by atoms with Crippen molar-refractivity contribution in [1.82, 2.24) is 9.78 Å². The molecule has 0 atom stereocenters. The van der Waals surface area contributed by atoms with Crippen molar-refractivity contribution in [3.05, 3.63) is 12.3 Å². The van der Waals surface area contributed by atoms with E-state index in [9.17, 15) is 12.9 Å². The van der Waals surface area contributed by atoms with Crippen LogP contribution in [0, 0.1) is 0 Å². The minimum Gasteiger partial charge on any atom is -0.444 e. The van der Waals surface area contributed by atoms with Crippen LogP contribution in [-0.4, -0.2) is 16.8 Å². The number of rotatable bonds is 1. The maximum absolute atomic E-state index is 11.9. The summed E-state index contributed by atoms with van der Waals surface area (Å²) in [6, 6.07) is 0.958. The van der Waals surface area contributed by atoms with Crippen molar-refractivity contribution in [3.8, 4) is 0 Å². The molecule has 0 bridgehead atoms. The number of hydrogen-bond acceptors (Lipinski definition) is 1. The van der Waals surface area contributed by atoms with E-state index in [0.29, 0.717) is 0 Å². The quantitative estimate of drug-likeness (QED) is 0.444. The Morgan fingerprint density at radius 1 is 1.45 bits per heavy atom. The van der Waals surface area contributed by atoms with Gasteiger partial charge in [-0.15, -0.1) is 0 Å². The third-order valence-corrected chi connectivity index (χ3v) is 1.19. The second-order valence-electron chi connectivity index (χ2n) is 1.95. The number of nitrogens with zero attached hydrogens (tertiary/aromatic N) is 2. The topological polar surface area (TPSA) is 17.8 Å². The molecule has 11 heavy (non-hydrogen) atoms. The molecule has 0 spiro atoms. The first-order valence-electron chi connectivity index (χ1n) is 2.69. The number of aromatic nitrogens is 2. The molecule has 1 rings (SSSR count). The van der Waals surface area contributed by atoms with Crippen LogP contribution in [0.1, 0.15) is 0 Å². The van der Waals surface area contributed by atoms with Crippen LogP contribution in [0.5, 0.6) is 0 Å². The summed E-state index contributed by atoms with van der Waals surface area (Å²) < 4.78 is 36.5. The van der Waals surface area contributed by atoms with Crippen LogP contribution in [0.2, 0.25) is 0 Å². The number of aryl methyl sites for hydroxylation is 1. The fourth-order valence-corrected chi connectivity index (χ4v) is 0.705. The molecule has 1 heterocycles. The van der Waals surface area contributed by atoms with Gasteiger partial charge in [-0.2, -0.15) is 5.10 Å². The molecule has 56 valence electrons. The van der Waals surface area contributed by atoms with Crippen molar-refractivity contribution in [1.29, 1.82) is 0 Å². The smallest absolute Gasteiger partial charge is 0.444 e. The summed E-state index contributed by atoms with van der Waals surface area (Å²) in [7, 11) is 1.27. The van der Waals surface area contributed by atoms with Crippen LogP contribution in [-0.2, 0) is 7.05 Å². The van der Waals surface area contributed by atoms with Crippen LogP contribution >= 0.6 is 0 Å². The van der Waals surface area contributed by atoms with Gasteiger partial charge < -0.3 is 17.6 Å². The minimum absolute atomic E-state index is 0. The summed E-state index contributed by atoms with van der Waals surface area (Å²) >= 11 is 0. The third-order valence-electron chi connectivity index (χ3n) is 1.19. The van der Waals surface area contributed by atoms with Crippen LogP contribution in [0.25, 0.3) is 0 Å². The molecule has 0 fully saturated rings. The molecular weight excluding hydrogens is 183 g/mol. The molecule has 2 nitrogen and oxygen atoms in total. The molecule has 0 saturated carbocycles. The molecule has 0 unspecified atom stereocenters. The average molecular weight is 188 g/mol. The zero-order chi connectivity index (χ0) is 7.78. The predicted octanol–water partition coefficient (Wildman–Crippen LogP) is -2.52. The molecule has 0 aliphatic rings. The van der Waals surface area contributed by atoms with Gasteiger partial charge in [0.1, 0.15) is 0 Å². The third kappa shape index (κ3) is 2.90. The summed E-state index contributed by atoms with van der Waals surface area (Å²) in [5.74, 6) is 0. The Morgan fingerprint density at radius 3 is 2.18 bits per heavy atom. The van der Waals surface area contributed by atoms with E-state index in [1.807, 2.05) is 0 Å². The van der Waals surface area contributed by atoms with Crippen molar-refractivity contribution in [2.75, 3.05) is 0 Å². The fourth-order valence-electron chi connectivity index (χ4n) is 0.705. The first kappa shape index (κ1) is 11.7. The maximum atomic E-state index is 11.9. The normalized spacial score (nSPS) is 10.9. The Labute approximate surface area is 105 Å². The van der Waals surface area contributed by atoms with Crippen molar-refractivity contribution in [3.63, 3.8) is 0 Å². The van der Waals surface area contributed by atoms with Gasteiger partial charge in [0, 0.05) is 13.2 Å². The zero-order valence-corrected chi connectivity index (χ0v) is 9.38. The van der Waals surface area contributed by atoms with Gasteiger partial charge in [0.05, 0.1) is 0 Å². The molecule has 0 aromatic carbocycles. The average Bonchev–Trinajstić information content (AvgIpc) is 2.11. The second-order valence-corrected chi connectivity index (χ2v) is 1.95. The molecule has 1 aromatic rings. The van der Waals surface area contributed by atoms with Gasteiger partial charge in [-0.1, -0.05) is 6.07 Å². The summed E-state index contributed by atoms with van der Waals surface area (Å²) in [4.78, 5) is 0. The molecule has 0 radical (unpaired) electrons. The number of halogens is 3. The number of hydrogen-bond donors (Lipinski definition) is 0. The summed E-state index contributed by atoms with van der Waals surface area (Å²) in [5.41, 5.74) is -0.667. The summed E-state index contributed by atoms with van der Waals surface area (Å²) in [5, 5.41) is 3.40. The van der Waals surface area contributed by atoms with Crippen LogP contribution < -0.4 is 57.0 Å². The van der Waals surface area contributed by atoms with E-state index >= 15 is 0 Å². The monoisotopic (exact) mass is 188 g/mol. The zero-order valence-electron chi connectivity index (χ0n) is 6.26. The first-order valence-corrected chi connectivity index (χ1v) is 2.69. The van der Waals surface area contributed by atoms with Gasteiger partial charge in [0.2, 0.25) is 0 Å². The van der Waals surface area contributed by atoms with E-state index in [4.69, 9.17) is 0 Å². The van der Waals surface area contributed by atoms with E-state index in [0.717, 1.165) is 16.9 Å². The van der Waals surface area contributed by atoms with Gasteiger partial charge in [-0.25, -0.2) is 0 Å². The molecule has 0 amide bonds. The molecule has 0 saturated heterocycles. The Bertz CT molecular complexity index is 233. The van der Waals surface area contributed by atoms with Gasteiger partial charge >= 0.3 is 58.4 Å². The first-order chi connectivity index (χ1) is 4.52. The Hall–Kier alpha value is 0.701. The fraction of sp³-hybridized carbons (Fsp3) is 0.250. The Kier molecular flexibility index (Phi) is 4.35. The molecule has 1 aromatic heterocycles. The van der Waals surface area contributed by atoms with Gasteiger partial charge in [0.15, 0.2) is 0 Å². The van der Waals surface area contributed by atoms with E-state index in [1.165, 1.54) is 7.05 Å². The standard InChI is InChI=1S/C4H5BF3N2.K/c1-10-4(2-3-9-10)5(6,7)8;/h2-3H,1H3;/q-1;+1. The molecule has 0 N–H and O–H groups in total. The van der Waals surface area contributed by atoms with E-state index in [-0.39, 0.29) is 51.4 Å². The van der Waals surface area contributed by atoms with E-state index < -0.39 is 12.6 Å². The van der Waals surface area contributed by atoms with Crippen LogP contribution in [0.15, 0.2) is 12.3 Å². The summed E-state index contributed by atoms with van der Waals surface area (Å²) in [6.07, 6.45) is 1.13. The SMILES string of the molecule is Cn1nccc1[B-](F)(F)F.[K+].